The predicted molar refractivity (Wildman–Crippen MR) is 213 cm³/mol. The number of carbonyl (C=O) groups excluding carboxylic acids is 1. The SMILES string of the molecule is CCCO.CCCOCC(O)S(=O)(=O)[O-].CCCOCC(OCC)OCC.CCCOCC=O.CCCOCCO.CCOC(CBr)OCC.O=S(=O)([O-])O.[Li+].[Na+].[Na+].[OH-]. The van der Waals surface area contributed by atoms with E-state index in [2.05, 4.69) is 27.6 Å². The summed E-state index contributed by atoms with van der Waals surface area (Å²) in [5.74, 6) is 0. The van der Waals surface area contributed by atoms with Gasteiger partial charge < -0.3 is 72.6 Å². The maximum Gasteiger partial charge on any atom is 1.00 e. The molecule has 59 heavy (non-hydrogen) atoms. The zero-order chi connectivity index (χ0) is 44.2. The summed E-state index contributed by atoms with van der Waals surface area (Å²) in [7, 11) is -9.52. The van der Waals surface area contributed by atoms with Crippen LogP contribution >= 0.6 is 15.9 Å². The Morgan fingerprint density at radius 1 is 0.593 bits per heavy atom. The fourth-order valence-corrected chi connectivity index (χ4v) is 2.98. The average molecular weight is 990 g/mol. The molecule has 20 nitrogen and oxygen atoms in total. The van der Waals surface area contributed by atoms with Crippen LogP contribution in [-0.2, 0) is 63.2 Å². The third-order valence-electron chi connectivity index (χ3n) is 4.42. The molecule has 0 spiro atoms. The Hall–Kier alpha value is 2.05. The predicted octanol–water partition coefficient (Wildman–Crippen LogP) is -5.89. The van der Waals surface area contributed by atoms with Crippen LogP contribution < -0.4 is 78.0 Å². The number of hydrogen-bond acceptors (Lipinski definition) is 19. The first-order chi connectivity index (χ1) is 25.9. The van der Waals surface area contributed by atoms with Crippen molar-refractivity contribution in [2.45, 2.75) is 112 Å². The Labute approximate surface area is 421 Å². The van der Waals surface area contributed by atoms with Gasteiger partial charge >= 0.3 is 78.0 Å². The van der Waals surface area contributed by atoms with Crippen LogP contribution in [0.1, 0.15) is 94.4 Å². The van der Waals surface area contributed by atoms with Gasteiger partial charge in [-0.15, -0.1) is 0 Å². The van der Waals surface area contributed by atoms with E-state index in [0.717, 1.165) is 50.5 Å². The van der Waals surface area contributed by atoms with Crippen LogP contribution in [0.4, 0.5) is 0 Å². The van der Waals surface area contributed by atoms with E-state index in [1.54, 1.807) is 0 Å². The van der Waals surface area contributed by atoms with Crippen molar-refractivity contribution >= 4 is 42.7 Å². The van der Waals surface area contributed by atoms with E-state index in [9.17, 15) is 17.8 Å². The second-order valence-corrected chi connectivity index (χ2v) is 12.7. The van der Waals surface area contributed by atoms with E-state index < -0.39 is 32.6 Å². The Kier molecular flexibility index (Phi) is 115. The summed E-state index contributed by atoms with van der Waals surface area (Å²) in [5, 5.41) is 25.4. The van der Waals surface area contributed by atoms with Gasteiger partial charge in [0.25, 0.3) is 0 Å². The third kappa shape index (κ3) is 120. The molecule has 0 aromatic heterocycles. The van der Waals surface area contributed by atoms with Crippen molar-refractivity contribution in [1.82, 2.24) is 0 Å². The van der Waals surface area contributed by atoms with E-state index in [1.165, 1.54) is 0 Å². The van der Waals surface area contributed by atoms with Crippen molar-refractivity contribution in [2.75, 3.05) is 97.8 Å². The molecule has 350 valence electrons. The van der Waals surface area contributed by atoms with Crippen LogP contribution in [0.3, 0.4) is 0 Å². The Morgan fingerprint density at radius 3 is 1.19 bits per heavy atom. The Balaban J connectivity index is -0.0000000513. The molecule has 1 unspecified atom stereocenters. The summed E-state index contributed by atoms with van der Waals surface area (Å²) in [4.78, 5) is 9.55. The first kappa shape index (κ1) is 87.9. The van der Waals surface area contributed by atoms with E-state index in [-0.39, 0.29) is 109 Å². The molecule has 0 bridgehead atoms. The molecule has 0 aromatic carbocycles. The molecule has 0 saturated carbocycles. The summed E-state index contributed by atoms with van der Waals surface area (Å²) in [6, 6.07) is 0. The normalized spacial score (nSPS) is 10.3. The largest absolute Gasteiger partial charge is 1.00 e. The molecule has 0 radical (unpaired) electrons. The van der Waals surface area contributed by atoms with Gasteiger partial charge in [-0.2, -0.15) is 0 Å². The van der Waals surface area contributed by atoms with E-state index in [1.807, 2.05) is 55.4 Å². The number of aliphatic hydroxyl groups excluding tert-OH is 3. The molecule has 0 aromatic rings. The first-order valence-electron chi connectivity index (χ1n) is 18.2. The number of rotatable bonds is 27. The number of aliphatic hydroxyl groups is 3. The summed E-state index contributed by atoms with van der Waals surface area (Å²) in [6.07, 6.45) is 5.13. The molecule has 0 aliphatic rings. The number of hydrogen-bond donors (Lipinski definition) is 4. The van der Waals surface area contributed by atoms with Crippen LogP contribution in [-0.4, -0.2) is 173 Å². The van der Waals surface area contributed by atoms with Gasteiger partial charge in [-0.1, -0.05) is 50.5 Å². The van der Waals surface area contributed by atoms with E-state index >= 15 is 0 Å². The fraction of sp³-hybridized carbons (Fsp3) is 0.970. The van der Waals surface area contributed by atoms with Gasteiger partial charge in [0.2, 0.25) is 10.4 Å². The molecule has 0 aliphatic heterocycles. The summed E-state index contributed by atoms with van der Waals surface area (Å²) >= 11 is 3.27. The van der Waals surface area contributed by atoms with E-state index in [0.29, 0.717) is 65.9 Å². The van der Waals surface area contributed by atoms with Crippen LogP contribution in [0.2, 0.25) is 0 Å². The summed E-state index contributed by atoms with van der Waals surface area (Å²) < 4.78 is 103. The van der Waals surface area contributed by atoms with Gasteiger partial charge in [0.1, 0.15) is 23.0 Å². The molecular weight excluding hydrogens is 913 g/mol. The summed E-state index contributed by atoms with van der Waals surface area (Å²) in [6.45, 7) is 24.3. The minimum Gasteiger partial charge on any atom is -0.870 e. The number of ether oxygens (including phenoxy) is 8. The number of alkyl halides is 1. The van der Waals surface area contributed by atoms with Crippen LogP contribution in [0.5, 0.6) is 0 Å². The molecule has 0 heterocycles. The Morgan fingerprint density at radius 2 is 0.915 bits per heavy atom. The number of halogens is 1. The molecule has 0 saturated heterocycles. The standard InChI is InChI=1S/C9H20O3.C6H13BrO2.C5H12O5S.C5H12O2.C5H10O2.C3H8O.Li.2Na.H2O4S.H2O/c1-4-7-10-8-9(11-5-2)12-6-3;1-3-8-6(5-7)9-4-2;1-2-3-10-4-5(6)11(7,8)9;2*1-2-4-7-5-3-6;1-2-3-4;;;;1-5(2,3)4;/h9H,4-8H2,1-3H3;6H,3-5H2,1-2H3;5-6H,2-4H2,1H3,(H,7,8,9);6H,2-5H2,1H3;3H,2,4-5H2,1H3;4H,2-3H2,1H3;;;;(H2,1,2,3,4);1H2/q;;;;;;3*+1;;/p-3. The van der Waals surface area contributed by atoms with Crippen molar-refractivity contribution in [3.63, 3.8) is 0 Å². The monoisotopic (exact) mass is 988 g/mol. The second-order valence-electron chi connectivity index (χ2n) is 9.66. The minimum absolute atomic E-state index is 0. The molecule has 0 rings (SSSR count). The smallest absolute Gasteiger partial charge is 0.870 e. The van der Waals surface area contributed by atoms with Crippen LogP contribution in [0.15, 0.2) is 0 Å². The zero-order valence-corrected chi connectivity index (χ0v) is 45.2. The van der Waals surface area contributed by atoms with Gasteiger partial charge in [0.05, 0.1) is 31.8 Å². The first-order valence-corrected chi connectivity index (χ1v) is 22.2. The van der Waals surface area contributed by atoms with Crippen molar-refractivity contribution in [3.05, 3.63) is 0 Å². The van der Waals surface area contributed by atoms with E-state index in [4.69, 9.17) is 66.0 Å². The van der Waals surface area contributed by atoms with Crippen LogP contribution in [0, 0.1) is 0 Å². The molecule has 26 heteroatoms. The van der Waals surface area contributed by atoms with Gasteiger partial charge in [-0.05, 0) is 59.8 Å². The molecule has 0 aliphatic carbocycles. The van der Waals surface area contributed by atoms with Gasteiger partial charge in [0, 0.05) is 59.5 Å². The maximum absolute atomic E-state index is 10.0. The topological polar surface area (TPSA) is 316 Å². The van der Waals surface area contributed by atoms with Gasteiger partial charge in [0.15, 0.2) is 18.0 Å². The minimum atomic E-state index is -4.92. The second kappa shape index (κ2) is 77.3. The van der Waals surface area contributed by atoms with Crippen LogP contribution in [0.25, 0.3) is 0 Å². The molecule has 0 fully saturated rings. The van der Waals surface area contributed by atoms with Crippen molar-refractivity contribution in [3.8, 4) is 0 Å². The zero-order valence-electron chi connectivity index (χ0n) is 38.0. The van der Waals surface area contributed by atoms with Crippen molar-refractivity contribution in [1.29, 1.82) is 0 Å². The molecule has 5 N–H and O–H groups in total. The quantitative estimate of drug-likeness (QED) is 0.0113. The maximum atomic E-state index is 10.0. The van der Waals surface area contributed by atoms with Crippen molar-refractivity contribution < 1.29 is 172 Å². The number of aldehydes is 1. The van der Waals surface area contributed by atoms with Crippen molar-refractivity contribution in [2.24, 2.45) is 0 Å². The number of carbonyl (C=O) groups is 1. The van der Waals surface area contributed by atoms with Gasteiger partial charge in [-0.25, -0.2) is 16.8 Å². The molecular formula is C33H76BrLiNa2O20S2. The summed E-state index contributed by atoms with van der Waals surface area (Å²) in [5.41, 5.74) is -1.94. The average Bonchev–Trinajstić information content (AvgIpc) is 3.12. The molecule has 1 atom stereocenters. The van der Waals surface area contributed by atoms with Gasteiger partial charge in [-0.3, -0.25) is 4.55 Å². The third-order valence-corrected chi connectivity index (χ3v) is 5.75. The Bertz CT molecular complexity index is 868. The fourth-order valence-electron chi connectivity index (χ4n) is 2.35. The molecule has 0 amide bonds.